The molecule has 0 amide bonds. The van der Waals surface area contributed by atoms with Crippen LogP contribution in [0.3, 0.4) is 0 Å². The van der Waals surface area contributed by atoms with Crippen molar-refractivity contribution >= 4 is 0 Å². The largest absolute Gasteiger partial charge is 0.339 e. The fraction of sp³-hybridized carbons (Fsp3) is 0.333. The van der Waals surface area contributed by atoms with Gasteiger partial charge < -0.3 is 9.47 Å². The van der Waals surface area contributed by atoms with Crippen LogP contribution in [-0.2, 0) is 21.8 Å². The molecule has 0 aliphatic carbocycles. The monoisotopic (exact) mass is 399 g/mol. The number of benzene rings is 3. The van der Waals surface area contributed by atoms with Crippen LogP contribution >= 0.6 is 0 Å². The number of rotatable bonds is 5. The van der Waals surface area contributed by atoms with Gasteiger partial charge >= 0.3 is 0 Å². The van der Waals surface area contributed by atoms with E-state index in [4.69, 9.17) is 9.47 Å². The smallest absolute Gasteiger partial charge is 0.222 e. The van der Waals surface area contributed by atoms with Crippen LogP contribution in [0.2, 0.25) is 0 Å². The summed E-state index contributed by atoms with van der Waals surface area (Å²) in [6.45, 7) is 2.69. The van der Waals surface area contributed by atoms with E-state index in [1.165, 1.54) is 18.4 Å². The minimum atomic E-state index is -0.830. The van der Waals surface area contributed by atoms with Gasteiger partial charge in [0, 0.05) is 23.7 Å². The van der Waals surface area contributed by atoms with E-state index in [2.05, 4.69) is 83.8 Å². The molecule has 3 heteroatoms. The molecular weight excluding hydrogens is 370 g/mol. The summed E-state index contributed by atoms with van der Waals surface area (Å²) in [6.07, 6.45) is 3.70. The normalized spacial score (nSPS) is 24.0. The first kappa shape index (κ1) is 19.5. The first-order chi connectivity index (χ1) is 14.9. The summed E-state index contributed by atoms with van der Waals surface area (Å²) in [5.74, 6) is -0.830. The molecular formula is C27H29NO2. The fourth-order valence-corrected chi connectivity index (χ4v) is 4.91. The molecule has 2 unspecified atom stereocenters. The van der Waals surface area contributed by atoms with Gasteiger partial charge in [0.2, 0.25) is 5.79 Å². The van der Waals surface area contributed by atoms with Crippen LogP contribution in [-0.4, -0.2) is 30.2 Å². The molecule has 30 heavy (non-hydrogen) atoms. The molecule has 3 aromatic carbocycles. The number of hydrogen-bond donors (Lipinski definition) is 0. The van der Waals surface area contributed by atoms with Crippen LogP contribution < -0.4 is 0 Å². The molecule has 2 fully saturated rings. The lowest BCUT2D eigenvalue weighted by atomic mass is 9.95. The third-order valence-corrected chi connectivity index (χ3v) is 6.40. The highest BCUT2D eigenvalue weighted by Gasteiger charge is 2.48. The summed E-state index contributed by atoms with van der Waals surface area (Å²) in [6, 6.07) is 31.9. The van der Waals surface area contributed by atoms with Crippen molar-refractivity contribution in [1.82, 2.24) is 4.90 Å². The van der Waals surface area contributed by atoms with E-state index >= 15 is 0 Å². The lowest BCUT2D eigenvalue weighted by Crippen LogP contribution is -2.47. The van der Waals surface area contributed by atoms with Gasteiger partial charge in [-0.25, -0.2) is 0 Å². The molecule has 2 heterocycles. The van der Waals surface area contributed by atoms with E-state index < -0.39 is 5.79 Å². The van der Waals surface area contributed by atoms with Crippen LogP contribution in [0.15, 0.2) is 91.0 Å². The lowest BCUT2D eigenvalue weighted by molar-refractivity contribution is -0.152. The average molecular weight is 400 g/mol. The van der Waals surface area contributed by atoms with Gasteiger partial charge in [-0.1, -0.05) is 97.4 Å². The SMILES string of the molecule is c1ccc(CN2CCCCC2C2COC(c3ccccc3)(c3ccccc3)O2)cc1. The van der Waals surface area contributed by atoms with E-state index in [0.29, 0.717) is 12.6 Å². The first-order valence-electron chi connectivity index (χ1n) is 11.1. The Bertz CT molecular complexity index is 889. The molecule has 3 nitrogen and oxygen atoms in total. The van der Waals surface area contributed by atoms with Crippen molar-refractivity contribution in [2.75, 3.05) is 13.2 Å². The molecule has 0 aromatic heterocycles. The molecule has 2 aliphatic rings. The van der Waals surface area contributed by atoms with Crippen LogP contribution in [0, 0.1) is 0 Å². The van der Waals surface area contributed by atoms with Gasteiger partial charge in [-0.15, -0.1) is 0 Å². The van der Waals surface area contributed by atoms with Crippen LogP contribution in [0.4, 0.5) is 0 Å². The van der Waals surface area contributed by atoms with Crippen LogP contribution in [0.1, 0.15) is 36.0 Å². The van der Waals surface area contributed by atoms with E-state index in [1.54, 1.807) is 0 Å². The Balaban J connectivity index is 1.43. The summed E-state index contributed by atoms with van der Waals surface area (Å²) in [4.78, 5) is 2.60. The summed E-state index contributed by atoms with van der Waals surface area (Å²) < 4.78 is 13.4. The van der Waals surface area contributed by atoms with Crippen molar-refractivity contribution in [2.24, 2.45) is 0 Å². The summed E-state index contributed by atoms with van der Waals surface area (Å²) >= 11 is 0. The zero-order chi connectivity index (χ0) is 20.2. The topological polar surface area (TPSA) is 21.7 Å². The minimum absolute atomic E-state index is 0.0504. The Morgan fingerprint density at radius 1 is 0.767 bits per heavy atom. The van der Waals surface area contributed by atoms with Gasteiger partial charge in [0.15, 0.2) is 0 Å². The lowest BCUT2D eigenvalue weighted by Gasteiger charge is -2.39. The van der Waals surface area contributed by atoms with Crippen LogP contribution in [0.5, 0.6) is 0 Å². The molecule has 2 atom stereocenters. The minimum Gasteiger partial charge on any atom is -0.339 e. The van der Waals surface area contributed by atoms with Crippen molar-refractivity contribution in [1.29, 1.82) is 0 Å². The predicted octanol–water partition coefficient (Wildman–Crippen LogP) is 5.36. The predicted molar refractivity (Wildman–Crippen MR) is 119 cm³/mol. The van der Waals surface area contributed by atoms with Gasteiger partial charge in [-0.3, -0.25) is 4.90 Å². The second-order valence-electron chi connectivity index (χ2n) is 8.34. The average Bonchev–Trinajstić information content (AvgIpc) is 3.28. The first-order valence-corrected chi connectivity index (χ1v) is 11.1. The van der Waals surface area contributed by atoms with E-state index in [1.807, 2.05) is 12.1 Å². The second kappa shape index (κ2) is 8.73. The molecule has 5 rings (SSSR count). The molecule has 2 saturated heterocycles. The second-order valence-corrected chi connectivity index (χ2v) is 8.34. The maximum atomic E-state index is 6.86. The summed E-state index contributed by atoms with van der Waals surface area (Å²) in [5.41, 5.74) is 3.48. The number of hydrogen-bond acceptors (Lipinski definition) is 3. The van der Waals surface area contributed by atoms with Crippen molar-refractivity contribution in [3.05, 3.63) is 108 Å². The van der Waals surface area contributed by atoms with E-state index in [-0.39, 0.29) is 6.10 Å². The Hall–Kier alpha value is -2.46. The Morgan fingerprint density at radius 3 is 2.00 bits per heavy atom. The number of piperidine rings is 1. The van der Waals surface area contributed by atoms with Crippen molar-refractivity contribution in [3.8, 4) is 0 Å². The van der Waals surface area contributed by atoms with Gasteiger partial charge in [-0.05, 0) is 24.9 Å². The molecule has 0 radical (unpaired) electrons. The van der Waals surface area contributed by atoms with Crippen molar-refractivity contribution in [3.63, 3.8) is 0 Å². The van der Waals surface area contributed by atoms with Crippen molar-refractivity contribution < 1.29 is 9.47 Å². The molecule has 0 bridgehead atoms. The van der Waals surface area contributed by atoms with Gasteiger partial charge in [0.25, 0.3) is 0 Å². The van der Waals surface area contributed by atoms with Gasteiger partial charge in [0.05, 0.1) is 6.61 Å². The molecule has 2 aliphatic heterocycles. The third kappa shape index (κ3) is 3.81. The highest BCUT2D eigenvalue weighted by atomic mass is 16.7. The maximum Gasteiger partial charge on any atom is 0.222 e. The van der Waals surface area contributed by atoms with Gasteiger partial charge in [0.1, 0.15) is 6.10 Å². The highest BCUT2D eigenvalue weighted by Crippen LogP contribution is 2.42. The molecule has 0 saturated carbocycles. The number of nitrogens with zero attached hydrogens (tertiary/aromatic N) is 1. The Kier molecular flexibility index (Phi) is 5.67. The van der Waals surface area contributed by atoms with E-state index in [0.717, 1.165) is 30.6 Å². The van der Waals surface area contributed by atoms with Crippen LogP contribution in [0.25, 0.3) is 0 Å². The zero-order valence-electron chi connectivity index (χ0n) is 17.3. The molecule has 3 aromatic rings. The van der Waals surface area contributed by atoms with E-state index in [9.17, 15) is 0 Å². The molecule has 0 N–H and O–H groups in total. The Labute approximate surface area is 179 Å². The standard InChI is InChI=1S/C27H29NO2/c1-4-12-22(13-5-1)20-28-19-11-10-18-25(28)26-21-29-27(30-26,23-14-6-2-7-15-23)24-16-8-3-9-17-24/h1-9,12-17,25-26H,10-11,18-21H2. The molecule has 154 valence electrons. The maximum absolute atomic E-state index is 6.86. The Morgan fingerprint density at radius 2 is 1.37 bits per heavy atom. The van der Waals surface area contributed by atoms with Gasteiger partial charge in [-0.2, -0.15) is 0 Å². The molecule has 0 spiro atoms. The number of ether oxygens (including phenoxy) is 2. The van der Waals surface area contributed by atoms with Crippen molar-refractivity contribution in [2.45, 2.75) is 43.7 Å². The number of likely N-dealkylation sites (tertiary alicyclic amines) is 1. The fourth-order valence-electron chi connectivity index (χ4n) is 4.91. The summed E-state index contributed by atoms with van der Waals surface area (Å²) in [7, 11) is 0. The third-order valence-electron chi connectivity index (χ3n) is 6.40. The summed E-state index contributed by atoms with van der Waals surface area (Å²) in [5, 5.41) is 0. The highest BCUT2D eigenvalue weighted by molar-refractivity contribution is 5.34. The zero-order valence-corrected chi connectivity index (χ0v) is 17.3. The quantitative estimate of drug-likeness (QED) is 0.577.